The van der Waals surface area contributed by atoms with Gasteiger partial charge in [0.1, 0.15) is 17.3 Å². The number of aromatic nitrogens is 2. The number of hydrogen-bond donors (Lipinski definition) is 2. The molecule has 0 aliphatic rings. The van der Waals surface area contributed by atoms with Crippen molar-refractivity contribution in [3.8, 4) is 22.8 Å². The van der Waals surface area contributed by atoms with Crippen molar-refractivity contribution in [2.75, 3.05) is 17.7 Å². The van der Waals surface area contributed by atoms with Crippen LogP contribution in [0, 0.1) is 0 Å². The van der Waals surface area contributed by atoms with E-state index in [0.717, 1.165) is 24.3 Å². The SMILES string of the molecule is CNc1nc(Nc2cccc(OC(F)(F)F)c2)cc(-c2cccc(OC(F)(F)F)c2)n1. The maximum atomic E-state index is 12.5. The number of nitrogens with zero attached hydrogens (tertiary/aromatic N) is 2. The summed E-state index contributed by atoms with van der Waals surface area (Å²) in [4.78, 5) is 8.35. The molecule has 0 amide bonds. The smallest absolute Gasteiger partial charge is 0.406 e. The van der Waals surface area contributed by atoms with Crippen LogP contribution in [0.2, 0.25) is 0 Å². The van der Waals surface area contributed by atoms with Crippen molar-refractivity contribution in [1.82, 2.24) is 9.97 Å². The molecule has 164 valence electrons. The van der Waals surface area contributed by atoms with Crippen molar-refractivity contribution in [2.24, 2.45) is 0 Å². The van der Waals surface area contributed by atoms with Gasteiger partial charge in [0.2, 0.25) is 5.95 Å². The van der Waals surface area contributed by atoms with E-state index >= 15 is 0 Å². The molecule has 2 N–H and O–H groups in total. The standard InChI is InChI=1S/C19H14F6N4O2/c1-26-17-28-15(11-4-2-6-13(8-11)30-18(20,21)22)10-16(29-17)27-12-5-3-7-14(9-12)31-19(23,24)25/h2-10H,1H3,(H2,26,27,28,29). The van der Waals surface area contributed by atoms with E-state index in [4.69, 9.17) is 0 Å². The number of hydrogen-bond acceptors (Lipinski definition) is 6. The lowest BCUT2D eigenvalue weighted by Gasteiger charge is -2.13. The Morgan fingerprint density at radius 3 is 2.00 bits per heavy atom. The fourth-order valence-electron chi connectivity index (χ4n) is 2.54. The summed E-state index contributed by atoms with van der Waals surface area (Å²) in [7, 11) is 1.53. The first kappa shape index (κ1) is 22.0. The number of anilines is 3. The molecule has 1 heterocycles. The molecular weight excluding hydrogens is 430 g/mol. The minimum absolute atomic E-state index is 0.129. The van der Waals surface area contributed by atoms with Crippen LogP contribution in [-0.2, 0) is 0 Å². The van der Waals surface area contributed by atoms with Crippen molar-refractivity contribution < 1.29 is 35.8 Å². The van der Waals surface area contributed by atoms with Crippen LogP contribution in [0.3, 0.4) is 0 Å². The first-order chi connectivity index (χ1) is 14.5. The molecule has 0 aliphatic heterocycles. The lowest BCUT2D eigenvalue weighted by Crippen LogP contribution is -2.17. The minimum Gasteiger partial charge on any atom is -0.406 e. The molecule has 12 heteroatoms. The number of benzene rings is 2. The third-order valence-corrected chi connectivity index (χ3v) is 3.65. The van der Waals surface area contributed by atoms with Gasteiger partial charge in [-0.3, -0.25) is 0 Å². The zero-order chi connectivity index (χ0) is 22.6. The highest BCUT2D eigenvalue weighted by molar-refractivity contribution is 5.68. The summed E-state index contributed by atoms with van der Waals surface area (Å²) in [5, 5.41) is 5.53. The molecule has 0 bridgehead atoms. The Morgan fingerprint density at radius 1 is 0.774 bits per heavy atom. The highest BCUT2D eigenvalue weighted by Gasteiger charge is 2.31. The molecule has 0 aliphatic carbocycles. The lowest BCUT2D eigenvalue weighted by atomic mass is 10.1. The normalized spacial score (nSPS) is 11.7. The Morgan fingerprint density at radius 2 is 1.39 bits per heavy atom. The van der Waals surface area contributed by atoms with Crippen LogP contribution in [0.4, 0.5) is 43.8 Å². The van der Waals surface area contributed by atoms with E-state index in [9.17, 15) is 26.3 Å². The Bertz CT molecular complexity index is 1060. The van der Waals surface area contributed by atoms with Crippen molar-refractivity contribution in [3.05, 3.63) is 54.6 Å². The summed E-state index contributed by atoms with van der Waals surface area (Å²) in [5.74, 6) is -0.552. The van der Waals surface area contributed by atoms with Crippen molar-refractivity contribution in [2.45, 2.75) is 12.7 Å². The van der Waals surface area contributed by atoms with Crippen LogP contribution in [0.5, 0.6) is 11.5 Å². The van der Waals surface area contributed by atoms with Gasteiger partial charge in [-0.1, -0.05) is 18.2 Å². The average molecular weight is 444 g/mol. The van der Waals surface area contributed by atoms with Crippen LogP contribution in [0.15, 0.2) is 54.6 Å². The molecular formula is C19H14F6N4O2. The molecule has 0 fully saturated rings. The summed E-state index contributed by atoms with van der Waals surface area (Å²) in [6, 6.07) is 11.7. The molecule has 0 saturated heterocycles. The Hall–Kier alpha value is -3.70. The van der Waals surface area contributed by atoms with Crippen LogP contribution in [0.25, 0.3) is 11.3 Å². The summed E-state index contributed by atoms with van der Waals surface area (Å²) in [5.41, 5.74) is 0.789. The van der Waals surface area contributed by atoms with Gasteiger partial charge in [0.25, 0.3) is 0 Å². The third kappa shape index (κ3) is 6.66. The Labute approximate surface area is 171 Å². The highest BCUT2D eigenvalue weighted by Crippen LogP contribution is 2.30. The summed E-state index contributed by atoms with van der Waals surface area (Å²) < 4.78 is 82.5. The summed E-state index contributed by atoms with van der Waals surface area (Å²) in [6.45, 7) is 0. The summed E-state index contributed by atoms with van der Waals surface area (Å²) in [6.07, 6.45) is -9.69. The van der Waals surface area contributed by atoms with Crippen LogP contribution < -0.4 is 20.1 Å². The van der Waals surface area contributed by atoms with Gasteiger partial charge in [0, 0.05) is 30.4 Å². The zero-order valence-electron chi connectivity index (χ0n) is 15.7. The van der Waals surface area contributed by atoms with Crippen LogP contribution >= 0.6 is 0 Å². The van der Waals surface area contributed by atoms with E-state index in [1.165, 1.54) is 37.4 Å². The largest absolute Gasteiger partial charge is 0.573 e. The molecule has 2 aromatic carbocycles. The van der Waals surface area contributed by atoms with Gasteiger partial charge >= 0.3 is 12.7 Å². The number of nitrogens with one attached hydrogen (secondary N) is 2. The van der Waals surface area contributed by atoms with E-state index in [0.29, 0.717) is 5.56 Å². The van der Waals surface area contributed by atoms with Gasteiger partial charge in [-0.25, -0.2) is 4.98 Å². The maximum absolute atomic E-state index is 12.5. The molecule has 31 heavy (non-hydrogen) atoms. The average Bonchev–Trinajstić information content (AvgIpc) is 2.65. The van der Waals surface area contributed by atoms with Gasteiger partial charge in [-0.05, 0) is 24.3 Å². The van der Waals surface area contributed by atoms with Crippen molar-refractivity contribution >= 4 is 17.5 Å². The topological polar surface area (TPSA) is 68.3 Å². The van der Waals surface area contributed by atoms with Gasteiger partial charge in [0.05, 0.1) is 5.69 Å². The predicted octanol–water partition coefficient (Wildman–Crippen LogP) is 5.73. The zero-order valence-corrected chi connectivity index (χ0v) is 15.7. The molecule has 3 rings (SSSR count). The van der Waals surface area contributed by atoms with E-state index in [1.807, 2.05) is 0 Å². The van der Waals surface area contributed by atoms with Gasteiger partial charge < -0.3 is 20.1 Å². The predicted molar refractivity (Wildman–Crippen MR) is 100 cm³/mol. The number of alkyl halides is 6. The molecule has 1 aromatic heterocycles. The van der Waals surface area contributed by atoms with E-state index in [1.54, 1.807) is 0 Å². The van der Waals surface area contributed by atoms with Gasteiger partial charge in [-0.2, -0.15) is 4.98 Å². The third-order valence-electron chi connectivity index (χ3n) is 3.65. The Balaban J connectivity index is 1.90. The van der Waals surface area contributed by atoms with E-state index in [2.05, 4.69) is 30.1 Å². The monoisotopic (exact) mass is 444 g/mol. The van der Waals surface area contributed by atoms with E-state index in [-0.39, 0.29) is 23.1 Å². The second-order valence-electron chi connectivity index (χ2n) is 5.99. The molecule has 6 nitrogen and oxygen atoms in total. The molecule has 0 saturated carbocycles. The summed E-state index contributed by atoms with van der Waals surface area (Å²) >= 11 is 0. The van der Waals surface area contributed by atoms with Crippen molar-refractivity contribution in [1.29, 1.82) is 0 Å². The molecule has 0 atom stereocenters. The number of ether oxygens (including phenoxy) is 2. The second-order valence-corrected chi connectivity index (χ2v) is 5.99. The fourth-order valence-corrected chi connectivity index (χ4v) is 2.54. The highest BCUT2D eigenvalue weighted by atomic mass is 19.4. The first-order valence-corrected chi connectivity index (χ1v) is 8.56. The molecule has 3 aromatic rings. The minimum atomic E-state index is -4.85. The maximum Gasteiger partial charge on any atom is 0.573 e. The fraction of sp³-hybridized carbons (Fsp3) is 0.158. The first-order valence-electron chi connectivity index (χ1n) is 8.56. The van der Waals surface area contributed by atoms with E-state index < -0.39 is 24.2 Å². The molecule has 0 radical (unpaired) electrons. The van der Waals surface area contributed by atoms with Crippen LogP contribution in [0.1, 0.15) is 0 Å². The second kappa shape index (κ2) is 8.58. The molecule has 0 spiro atoms. The van der Waals surface area contributed by atoms with Crippen molar-refractivity contribution in [3.63, 3.8) is 0 Å². The molecule has 0 unspecified atom stereocenters. The van der Waals surface area contributed by atoms with Crippen LogP contribution in [-0.4, -0.2) is 29.7 Å². The number of rotatable bonds is 6. The lowest BCUT2D eigenvalue weighted by molar-refractivity contribution is -0.275. The Kier molecular flexibility index (Phi) is 6.09. The number of halogens is 6. The quantitative estimate of drug-likeness (QED) is 0.474. The van der Waals surface area contributed by atoms with Gasteiger partial charge in [0.15, 0.2) is 0 Å². The van der Waals surface area contributed by atoms with Gasteiger partial charge in [-0.15, -0.1) is 26.3 Å².